The minimum atomic E-state index is -0.0856. The van der Waals surface area contributed by atoms with E-state index >= 15 is 0 Å². The Bertz CT molecular complexity index is 126. The Hall–Kier alpha value is -0.180. The normalized spacial score (nSPS) is 12.6. The number of hydrogen-bond donors (Lipinski definition) is 1. The second-order valence-electron chi connectivity index (χ2n) is 2.93. The van der Waals surface area contributed by atoms with Gasteiger partial charge in [0, 0.05) is 5.75 Å². The first kappa shape index (κ1) is 11.8. The summed E-state index contributed by atoms with van der Waals surface area (Å²) in [5.41, 5.74) is 0. The minimum absolute atomic E-state index is 0.0461. The average Bonchev–Trinajstić information content (AvgIpc) is 2.10. The molecule has 3 heteroatoms. The molecule has 0 aliphatic carbocycles. The summed E-state index contributed by atoms with van der Waals surface area (Å²) in [7, 11) is 0. The zero-order valence-corrected chi connectivity index (χ0v) is 8.77. The molecule has 1 atom stereocenters. The summed E-state index contributed by atoms with van der Waals surface area (Å²) in [5.74, 6) is 0.564. The highest BCUT2D eigenvalue weighted by Gasteiger charge is 2.12. The van der Waals surface area contributed by atoms with Gasteiger partial charge in [-0.25, -0.2) is 0 Å². The standard InChI is InChI=1S/C9H18O2S/c1-3-4-5-8(2)9(10)11-6-7-12/h8,12H,3-7H2,1-2H3. The van der Waals surface area contributed by atoms with Gasteiger partial charge >= 0.3 is 5.97 Å². The molecule has 0 N–H and O–H groups in total. The molecule has 0 aromatic carbocycles. The molecule has 72 valence electrons. The fourth-order valence-corrected chi connectivity index (χ4v) is 1.01. The van der Waals surface area contributed by atoms with Crippen LogP contribution in [0.1, 0.15) is 33.1 Å². The van der Waals surface area contributed by atoms with Crippen molar-refractivity contribution in [1.29, 1.82) is 0 Å². The minimum Gasteiger partial charge on any atom is -0.465 e. The highest BCUT2D eigenvalue weighted by molar-refractivity contribution is 7.80. The van der Waals surface area contributed by atoms with Crippen molar-refractivity contribution in [2.45, 2.75) is 33.1 Å². The van der Waals surface area contributed by atoms with Crippen LogP contribution in [0.25, 0.3) is 0 Å². The van der Waals surface area contributed by atoms with Gasteiger partial charge in [-0.1, -0.05) is 26.7 Å². The van der Waals surface area contributed by atoms with Crippen LogP contribution in [0.5, 0.6) is 0 Å². The van der Waals surface area contributed by atoms with Gasteiger partial charge < -0.3 is 4.74 Å². The van der Waals surface area contributed by atoms with Gasteiger partial charge in [-0.05, 0) is 6.42 Å². The van der Waals surface area contributed by atoms with Crippen LogP contribution in [0.15, 0.2) is 0 Å². The molecule has 0 aliphatic heterocycles. The number of hydrogen-bond acceptors (Lipinski definition) is 3. The third kappa shape index (κ3) is 5.47. The van der Waals surface area contributed by atoms with Gasteiger partial charge in [0.2, 0.25) is 0 Å². The number of unbranched alkanes of at least 4 members (excludes halogenated alkanes) is 1. The van der Waals surface area contributed by atoms with Crippen LogP contribution in [-0.2, 0) is 9.53 Å². The van der Waals surface area contributed by atoms with Crippen LogP contribution in [0.4, 0.5) is 0 Å². The first-order valence-corrected chi connectivity index (χ1v) is 5.13. The topological polar surface area (TPSA) is 26.3 Å². The highest BCUT2D eigenvalue weighted by Crippen LogP contribution is 2.09. The maximum atomic E-state index is 11.2. The smallest absolute Gasteiger partial charge is 0.308 e. The molecular formula is C9H18O2S. The SMILES string of the molecule is CCCCC(C)C(=O)OCCS. The summed E-state index contributed by atoms with van der Waals surface area (Å²) >= 11 is 3.96. The Balaban J connectivity index is 3.47. The van der Waals surface area contributed by atoms with E-state index in [2.05, 4.69) is 19.6 Å². The quantitative estimate of drug-likeness (QED) is 0.514. The molecule has 12 heavy (non-hydrogen) atoms. The van der Waals surface area contributed by atoms with Crippen molar-refractivity contribution < 1.29 is 9.53 Å². The number of carbonyl (C=O) groups is 1. The molecule has 0 fully saturated rings. The van der Waals surface area contributed by atoms with Crippen LogP contribution < -0.4 is 0 Å². The Labute approximate surface area is 80.1 Å². The third-order valence-corrected chi connectivity index (χ3v) is 1.91. The molecule has 0 bridgehead atoms. The third-order valence-electron chi connectivity index (χ3n) is 1.73. The Morgan fingerprint density at radius 1 is 1.58 bits per heavy atom. The van der Waals surface area contributed by atoms with E-state index in [1.54, 1.807) is 0 Å². The predicted molar refractivity (Wildman–Crippen MR) is 53.5 cm³/mol. The zero-order chi connectivity index (χ0) is 9.40. The number of esters is 1. The van der Waals surface area contributed by atoms with E-state index in [-0.39, 0.29) is 11.9 Å². The lowest BCUT2D eigenvalue weighted by Gasteiger charge is -2.09. The van der Waals surface area contributed by atoms with Crippen molar-refractivity contribution in [1.82, 2.24) is 0 Å². The van der Waals surface area contributed by atoms with Crippen molar-refractivity contribution in [2.24, 2.45) is 5.92 Å². The summed E-state index contributed by atoms with van der Waals surface area (Å²) in [6.45, 7) is 4.46. The molecule has 0 radical (unpaired) electrons. The first-order valence-electron chi connectivity index (χ1n) is 4.49. The fraction of sp³-hybridized carbons (Fsp3) is 0.889. The molecular weight excluding hydrogens is 172 g/mol. The van der Waals surface area contributed by atoms with Gasteiger partial charge in [-0.3, -0.25) is 4.79 Å². The summed E-state index contributed by atoms with van der Waals surface area (Å²) < 4.78 is 4.93. The van der Waals surface area contributed by atoms with E-state index in [0.717, 1.165) is 19.3 Å². The molecule has 0 aromatic heterocycles. The van der Waals surface area contributed by atoms with Crippen molar-refractivity contribution in [2.75, 3.05) is 12.4 Å². The van der Waals surface area contributed by atoms with Crippen molar-refractivity contribution in [3.8, 4) is 0 Å². The second kappa shape index (κ2) is 7.47. The molecule has 0 spiro atoms. The first-order chi connectivity index (χ1) is 5.72. The van der Waals surface area contributed by atoms with Gasteiger partial charge in [0.1, 0.15) is 6.61 Å². The molecule has 0 amide bonds. The molecule has 0 saturated heterocycles. The monoisotopic (exact) mass is 190 g/mol. The summed E-state index contributed by atoms with van der Waals surface area (Å²) in [6, 6.07) is 0. The maximum absolute atomic E-state index is 11.2. The van der Waals surface area contributed by atoms with Crippen LogP contribution in [0.2, 0.25) is 0 Å². The van der Waals surface area contributed by atoms with Crippen LogP contribution in [0.3, 0.4) is 0 Å². The van der Waals surface area contributed by atoms with Crippen molar-refractivity contribution >= 4 is 18.6 Å². The van der Waals surface area contributed by atoms with Crippen LogP contribution in [-0.4, -0.2) is 18.3 Å². The predicted octanol–water partition coefficient (Wildman–Crippen LogP) is 2.29. The van der Waals surface area contributed by atoms with Gasteiger partial charge in [0.05, 0.1) is 5.92 Å². The Morgan fingerprint density at radius 3 is 2.75 bits per heavy atom. The lowest BCUT2D eigenvalue weighted by atomic mass is 10.1. The van der Waals surface area contributed by atoms with Crippen molar-refractivity contribution in [3.63, 3.8) is 0 Å². The van der Waals surface area contributed by atoms with Crippen LogP contribution >= 0.6 is 12.6 Å². The second-order valence-corrected chi connectivity index (χ2v) is 3.38. The van der Waals surface area contributed by atoms with Crippen molar-refractivity contribution in [3.05, 3.63) is 0 Å². The molecule has 0 aliphatic rings. The highest BCUT2D eigenvalue weighted by atomic mass is 32.1. The molecule has 0 saturated carbocycles. The van der Waals surface area contributed by atoms with E-state index in [0.29, 0.717) is 12.4 Å². The number of thiol groups is 1. The van der Waals surface area contributed by atoms with E-state index in [4.69, 9.17) is 4.74 Å². The van der Waals surface area contributed by atoms with Gasteiger partial charge in [-0.2, -0.15) is 12.6 Å². The summed E-state index contributed by atoms with van der Waals surface area (Å²) in [5, 5.41) is 0. The zero-order valence-electron chi connectivity index (χ0n) is 7.88. The Kier molecular flexibility index (Phi) is 7.36. The van der Waals surface area contributed by atoms with E-state index in [9.17, 15) is 4.79 Å². The summed E-state index contributed by atoms with van der Waals surface area (Å²) in [6.07, 6.45) is 3.16. The number of rotatable bonds is 6. The summed E-state index contributed by atoms with van der Waals surface area (Å²) in [4.78, 5) is 11.2. The molecule has 1 unspecified atom stereocenters. The van der Waals surface area contributed by atoms with E-state index in [1.807, 2.05) is 6.92 Å². The van der Waals surface area contributed by atoms with Crippen LogP contribution in [0, 0.1) is 5.92 Å². The molecule has 0 aromatic rings. The maximum Gasteiger partial charge on any atom is 0.308 e. The molecule has 2 nitrogen and oxygen atoms in total. The van der Waals surface area contributed by atoms with E-state index in [1.165, 1.54) is 0 Å². The number of ether oxygens (including phenoxy) is 1. The largest absolute Gasteiger partial charge is 0.465 e. The fourth-order valence-electron chi connectivity index (χ4n) is 0.917. The molecule has 0 rings (SSSR count). The number of carbonyl (C=O) groups excluding carboxylic acids is 1. The Morgan fingerprint density at radius 2 is 2.25 bits per heavy atom. The lowest BCUT2D eigenvalue weighted by molar-refractivity contribution is -0.147. The van der Waals surface area contributed by atoms with E-state index < -0.39 is 0 Å². The van der Waals surface area contributed by atoms with Gasteiger partial charge in [0.25, 0.3) is 0 Å². The van der Waals surface area contributed by atoms with Gasteiger partial charge in [0.15, 0.2) is 0 Å². The lowest BCUT2D eigenvalue weighted by Crippen LogP contribution is -2.15. The molecule has 0 heterocycles. The average molecular weight is 190 g/mol. The van der Waals surface area contributed by atoms with Gasteiger partial charge in [-0.15, -0.1) is 0 Å².